The van der Waals surface area contributed by atoms with Gasteiger partial charge in [0, 0.05) is 12.0 Å². The molecule has 1 amide bonds. The molecule has 2 aliphatic rings. The van der Waals surface area contributed by atoms with Crippen molar-refractivity contribution in [3.05, 3.63) is 42.7 Å². The van der Waals surface area contributed by atoms with Gasteiger partial charge in [-0.2, -0.15) is 8.88 Å². The molecular formula is C22H30N7O13P2+. The van der Waals surface area contributed by atoms with Crippen molar-refractivity contribution in [2.24, 2.45) is 11.7 Å². The maximum absolute atomic E-state index is 12.5. The van der Waals surface area contributed by atoms with Crippen molar-refractivity contribution >= 4 is 38.5 Å². The third kappa shape index (κ3) is 6.66. The number of hydrogen-bond donors (Lipinski definition) is 7. The number of imidazole rings is 1. The van der Waals surface area contributed by atoms with E-state index in [1.54, 1.807) is 6.92 Å². The molecule has 3 aromatic rings. The van der Waals surface area contributed by atoms with Crippen LogP contribution in [0, 0.1) is 5.92 Å². The van der Waals surface area contributed by atoms with Crippen LogP contribution in [0.3, 0.4) is 0 Å². The maximum Gasteiger partial charge on any atom is 0.481 e. The lowest BCUT2D eigenvalue weighted by Gasteiger charge is -2.20. The first-order valence-corrected chi connectivity index (χ1v) is 15.9. The lowest BCUT2D eigenvalue weighted by Crippen LogP contribution is -2.46. The number of nitrogens with zero attached hydrogens (tertiary/aromatic N) is 5. The fourth-order valence-corrected chi connectivity index (χ4v) is 6.92. The summed E-state index contributed by atoms with van der Waals surface area (Å²) < 4.78 is 52.9. The number of phosphoric acid groups is 2. The zero-order chi connectivity index (χ0) is 32.0. The van der Waals surface area contributed by atoms with Gasteiger partial charge in [-0.05, 0) is 6.07 Å². The summed E-state index contributed by atoms with van der Waals surface area (Å²) >= 11 is 0. The number of nitrogen functional groups attached to an aromatic ring is 1. The quantitative estimate of drug-likeness (QED) is 0.0885. The first-order chi connectivity index (χ1) is 20.7. The molecule has 240 valence electrons. The van der Waals surface area contributed by atoms with Gasteiger partial charge in [-0.25, -0.2) is 24.1 Å². The third-order valence-corrected chi connectivity index (χ3v) is 9.69. The molecule has 5 rings (SSSR count). The van der Waals surface area contributed by atoms with E-state index in [-0.39, 0.29) is 11.4 Å². The number of pyridine rings is 1. The van der Waals surface area contributed by atoms with E-state index in [1.807, 2.05) is 0 Å². The van der Waals surface area contributed by atoms with Crippen molar-refractivity contribution in [2.45, 2.75) is 49.9 Å². The normalized spacial score (nSPS) is 31.6. The summed E-state index contributed by atoms with van der Waals surface area (Å²) in [4.78, 5) is 43.7. The Balaban J connectivity index is 1.16. The lowest BCUT2D eigenvalue weighted by atomic mass is 10.0. The number of aliphatic hydroxyl groups is 3. The van der Waals surface area contributed by atoms with Gasteiger partial charge in [-0.15, -0.1) is 0 Å². The van der Waals surface area contributed by atoms with E-state index >= 15 is 0 Å². The van der Waals surface area contributed by atoms with Crippen molar-refractivity contribution in [1.29, 1.82) is 0 Å². The Hall–Kier alpha value is -2.97. The molecule has 0 spiro atoms. The number of nitrogens with two attached hydrogens (primary N) is 2. The molecule has 44 heavy (non-hydrogen) atoms. The second-order valence-electron chi connectivity index (χ2n) is 10.1. The van der Waals surface area contributed by atoms with Gasteiger partial charge in [-0.3, -0.25) is 18.4 Å². The molecule has 3 aromatic heterocycles. The van der Waals surface area contributed by atoms with Crippen LogP contribution < -0.4 is 16.0 Å². The molecule has 0 aliphatic carbocycles. The molecule has 22 heteroatoms. The summed E-state index contributed by atoms with van der Waals surface area (Å²) in [5.74, 6) is -1.21. The number of carbonyl (C=O) groups is 1. The second-order valence-corrected chi connectivity index (χ2v) is 13.1. The van der Waals surface area contributed by atoms with Crippen LogP contribution in [-0.4, -0.2) is 94.3 Å². The lowest BCUT2D eigenvalue weighted by molar-refractivity contribution is -0.765. The molecule has 2 saturated heterocycles. The Morgan fingerprint density at radius 3 is 2.36 bits per heavy atom. The van der Waals surface area contributed by atoms with Crippen LogP contribution in [0.25, 0.3) is 11.2 Å². The summed E-state index contributed by atoms with van der Waals surface area (Å²) in [7, 11) is -10.6. The van der Waals surface area contributed by atoms with E-state index in [1.165, 1.54) is 46.3 Å². The van der Waals surface area contributed by atoms with E-state index in [0.29, 0.717) is 11.2 Å². The largest absolute Gasteiger partial charge is 0.481 e. The fourth-order valence-electron chi connectivity index (χ4n) is 4.83. The van der Waals surface area contributed by atoms with Gasteiger partial charge in [0.25, 0.3) is 12.1 Å². The summed E-state index contributed by atoms with van der Waals surface area (Å²) in [6, 6.07) is 2.86. The number of aliphatic hydroxyl groups excluding tert-OH is 3. The Kier molecular flexibility index (Phi) is 9.16. The van der Waals surface area contributed by atoms with Crippen molar-refractivity contribution in [1.82, 2.24) is 19.5 Å². The van der Waals surface area contributed by atoms with E-state index < -0.39 is 83.7 Å². The molecule has 2 fully saturated rings. The molecule has 0 saturated carbocycles. The maximum atomic E-state index is 12.5. The van der Waals surface area contributed by atoms with Crippen LogP contribution in [0.2, 0.25) is 0 Å². The predicted octanol–water partition coefficient (Wildman–Crippen LogP) is -1.74. The van der Waals surface area contributed by atoms with Crippen LogP contribution in [0.1, 0.15) is 29.7 Å². The number of aromatic nitrogens is 5. The number of rotatable bonds is 11. The summed E-state index contributed by atoms with van der Waals surface area (Å²) in [6.45, 7) is 0.0408. The molecule has 0 aromatic carbocycles. The molecule has 10 atom stereocenters. The van der Waals surface area contributed by atoms with Crippen LogP contribution in [-0.2, 0) is 32.0 Å². The number of fused-ring (bicyclic) bond motifs is 1. The first-order valence-electron chi connectivity index (χ1n) is 12.9. The summed E-state index contributed by atoms with van der Waals surface area (Å²) in [5.41, 5.74) is 11.8. The van der Waals surface area contributed by atoms with E-state index in [2.05, 4.69) is 19.3 Å². The molecule has 9 N–H and O–H groups in total. The minimum absolute atomic E-state index is 0.0833. The number of anilines is 1. The highest BCUT2D eigenvalue weighted by Crippen LogP contribution is 2.60. The number of ether oxygens (including phenoxy) is 2. The summed E-state index contributed by atoms with van der Waals surface area (Å²) in [6.07, 6.45) is -3.76. The molecule has 2 aliphatic heterocycles. The summed E-state index contributed by atoms with van der Waals surface area (Å²) in [5, 5.41) is 31.4. The van der Waals surface area contributed by atoms with E-state index in [0.717, 1.165) is 0 Å². The molecule has 20 nitrogen and oxygen atoms in total. The third-order valence-electron chi connectivity index (χ3n) is 7.09. The van der Waals surface area contributed by atoms with E-state index in [4.69, 9.17) is 30.0 Å². The highest BCUT2D eigenvalue weighted by atomic mass is 31.3. The number of carbonyl (C=O) groups excluding carboxylic acids is 1. The van der Waals surface area contributed by atoms with Crippen molar-refractivity contribution in [3.8, 4) is 0 Å². The Morgan fingerprint density at radius 1 is 1.05 bits per heavy atom. The van der Waals surface area contributed by atoms with Crippen LogP contribution in [0.4, 0.5) is 5.82 Å². The van der Waals surface area contributed by atoms with Gasteiger partial charge in [-0.1, -0.05) is 6.92 Å². The molecule has 0 bridgehead atoms. The highest BCUT2D eigenvalue weighted by molar-refractivity contribution is 7.61. The minimum atomic E-state index is -5.32. The predicted molar refractivity (Wildman–Crippen MR) is 143 cm³/mol. The van der Waals surface area contributed by atoms with Crippen molar-refractivity contribution in [2.75, 3.05) is 18.9 Å². The zero-order valence-electron chi connectivity index (χ0n) is 22.8. The minimum Gasteiger partial charge on any atom is -0.390 e. The first kappa shape index (κ1) is 32.4. The van der Waals surface area contributed by atoms with Gasteiger partial charge >= 0.3 is 15.6 Å². The average molecular weight is 662 g/mol. The topological polar surface area (TPSA) is 298 Å². The Morgan fingerprint density at radius 2 is 1.70 bits per heavy atom. The van der Waals surface area contributed by atoms with Crippen LogP contribution >= 0.6 is 15.6 Å². The molecule has 5 heterocycles. The average Bonchev–Trinajstić information content (AvgIpc) is 3.61. The standard InChI is InChI=1S/C22H29N7O13P2/c1-10-15(30)12(40-21(10)29-9-27-14-18(23)25-8-26-20(14)29)6-38-43(34,35)42-44(36,37)39-7-13-16(31)17(32)22(41-13)28-4-2-3-11(5-28)19(24)33/h2-5,8-10,12-13,15-17,21-22,30-32H,6-7H2,1H3,(H5-,23,24,25,26,33,34,35,36,37)/p+1. The SMILES string of the molecule is CC1C(O)C(COP(=O)(O)OP(=O)(O)OCC2OC([n+]3cccc(C(N)=O)c3)C(O)C2O)OC1n1cnc2c(N)ncnc21. The number of phosphoric ester groups is 2. The Bertz CT molecular complexity index is 1630. The van der Waals surface area contributed by atoms with Crippen molar-refractivity contribution < 1.29 is 66.4 Å². The second kappa shape index (κ2) is 12.4. The zero-order valence-corrected chi connectivity index (χ0v) is 24.6. The number of primary amides is 1. The molecule has 10 unspecified atom stereocenters. The van der Waals surface area contributed by atoms with Gasteiger partial charge in [0.1, 0.15) is 41.9 Å². The monoisotopic (exact) mass is 662 g/mol. The molecular weight excluding hydrogens is 632 g/mol. The van der Waals surface area contributed by atoms with Gasteiger partial charge in [0.05, 0.1) is 25.6 Å². The number of amides is 1. The van der Waals surface area contributed by atoms with E-state index in [9.17, 15) is 39.0 Å². The van der Waals surface area contributed by atoms with Gasteiger partial charge in [0.2, 0.25) is 0 Å². The number of hydrogen-bond acceptors (Lipinski definition) is 15. The van der Waals surface area contributed by atoms with Crippen LogP contribution in [0.5, 0.6) is 0 Å². The van der Waals surface area contributed by atoms with Gasteiger partial charge < -0.3 is 46.0 Å². The Labute approximate surface area is 248 Å². The smallest absolute Gasteiger partial charge is 0.390 e. The van der Waals surface area contributed by atoms with Gasteiger partial charge in [0.15, 0.2) is 30.0 Å². The van der Waals surface area contributed by atoms with Crippen LogP contribution in [0.15, 0.2) is 37.2 Å². The van der Waals surface area contributed by atoms with Crippen molar-refractivity contribution in [3.63, 3.8) is 0 Å². The highest BCUT2D eigenvalue weighted by Gasteiger charge is 2.50. The fraction of sp³-hybridized carbons (Fsp3) is 0.500. The molecule has 0 radical (unpaired) electrons.